The fourth-order valence-electron chi connectivity index (χ4n) is 3.48. The summed E-state index contributed by atoms with van der Waals surface area (Å²) < 4.78 is 0. The smallest absolute Gasteiger partial charge is 0.273 e. The Morgan fingerprint density at radius 3 is 2.61 bits per heavy atom. The van der Waals surface area contributed by atoms with Crippen LogP contribution >= 0.6 is 0 Å². The summed E-state index contributed by atoms with van der Waals surface area (Å²) in [6.07, 6.45) is 1.73. The topological polar surface area (TPSA) is 39.7 Å². The van der Waals surface area contributed by atoms with Gasteiger partial charge < -0.3 is 9.80 Å². The molecule has 0 N–H and O–H groups in total. The van der Waals surface area contributed by atoms with E-state index < -0.39 is 0 Å². The van der Waals surface area contributed by atoms with Crippen LogP contribution in [0, 0.1) is 0 Å². The summed E-state index contributed by atoms with van der Waals surface area (Å²) in [5, 5.41) is 2.02. The number of aromatic nitrogens is 1. The molecule has 3 heterocycles. The molecule has 2 aromatic rings. The van der Waals surface area contributed by atoms with Gasteiger partial charge in [0.15, 0.2) is 0 Å². The van der Waals surface area contributed by atoms with Crippen LogP contribution in [0.5, 0.6) is 0 Å². The van der Waals surface area contributed by atoms with E-state index in [0.29, 0.717) is 11.7 Å². The van der Waals surface area contributed by atoms with Gasteiger partial charge in [-0.15, -0.1) is 0 Å². The maximum atomic E-state index is 12.8. The van der Waals surface area contributed by atoms with Gasteiger partial charge in [0.2, 0.25) is 0 Å². The van der Waals surface area contributed by atoms with Crippen LogP contribution in [0.2, 0.25) is 0 Å². The maximum Gasteiger partial charge on any atom is 0.273 e. The number of carbonyl (C=O) groups is 1. The Balaban J connectivity index is 1.45. The molecule has 0 radical (unpaired) electrons. The van der Waals surface area contributed by atoms with Gasteiger partial charge in [-0.3, -0.25) is 14.7 Å². The normalized spacial score (nSPS) is 20.7. The number of hydrogen-bond acceptors (Lipinski definition) is 4. The van der Waals surface area contributed by atoms with Gasteiger partial charge in [-0.2, -0.15) is 0 Å². The summed E-state index contributed by atoms with van der Waals surface area (Å²) in [6.45, 7) is 6.11. The average molecular weight is 310 g/mol. The summed E-state index contributed by atoms with van der Waals surface area (Å²) in [4.78, 5) is 23.9. The van der Waals surface area contributed by atoms with Gasteiger partial charge in [0, 0.05) is 56.9 Å². The van der Waals surface area contributed by atoms with Gasteiger partial charge in [-0.1, -0.05) is 24.3 Å². The number of amides is 1. The first kappa shape index (κ1) is 14.6. The minimum absolute atomic E-state index is 0.0622. The number of benzene rings is 1. The van der Waals surface area contributed by atoms with E-state index in [1.165, 1.54) is 0 Å². The van der Waals surface area contributed by atoms with E-state index in [4.69, 9.17) is 0 Å². The van der Waals surface area contributed by atoms with Crippen molar-refractivity contribution in [1.29, 1.82) is 0 Å². The molecule has 0 saturated carbocycles. The molecule has 5 heteroatoms. The van der Waals surface area contributed by atoms with Crippen molar-refractivity contribution in [3.05, 3.63) is 42.2 Å². The zero-order chi connectivity index (χ0) is 15.8. The number of carbonyl (C=O) groups excluding carboxylic acids is 1. The van der Waals surface area contributed by atoms with Crippen molar-refractivity contribution < 1.29 is 4.79 Å². The first-order valence-electron chi connectivity index (χ1n) is 8.28. The molecule has 2 saturated heterocycles. The molecule has 4 rings (SSSR count). The molecular weight excluding hydrogens is 288 g/mol. The first-order chi connectivity index (χ1) is 11.2. The zero-order valence-electron chi connectivity index (χ0n) is 13.5. The highest BCUT2D eigenvalue weighted by molar-refractivity contribution is 6.05. The third-order valence-corrected chi connectivity index (χ3v) is 5.08. The molecular formula is C18H22N4O. The van der Waals surface area contributed by atoms with Crippen molar-refractivity contribution in [2.75, 3.05) is 46.3 Å². The molecule has 0 aliphatic carbocycles. The molecule has 1 amide bonds. The molecule has 1 aromatic carbocycles. The van der Waals surface area contributed by atoms with Crippen LogP contribution in [0.1, 0.15) is 10.5 Å². The number of pyridine rings is 1. The van der Waals surface area contributed by atoms with Crippen LogP contribution in [-0.2, 0) is 0 Å². The average Bonchev–Trinajstić information content (AvgIpc) is 2.54. The fraction of sp³-hybridized carbons (Fsp3) is 0.444. The van der Waals surface area contributed by atoms with E-state index >= 15 is 0 Å². The van der Waals surface area contributed by atoms with E-state index in [1.807, 2.05) is 35.2 Å². The third-order valence-electron chi connectivity index (χ3n) is 5.08. The lowest BCUT2D eigenvalue weighted by molar-refractivity contribution is 0.0108. The lowest BCUT2D eigenvalue weighted by Gasteiger charge is -2.47. The first-order valence-corrected chi connectivity index (χ1v) is 8.28. The van der Waals surface area contributed by atoms with E-state index in [0.717, 1.165) is 50.0 Å². The summed E-state index contributed by atoms with van der Waals surface area (Å²) >= 11 is 0. The van der Waals surface area contributed by atoms with Crippen molar-refractivity contribution in [2.24, 2.45) is 0 Å². The summed E-state index contributed by atoms with van der Waals surface area (Å²) in [5.41, 5.74) is 0.583. The number of piperazine rings is 1. The standard InChI is InChI=1S/C18H22N4O/c1-20-8-10-21(11-9-20)15-12-22(13-15)18(23)17-16-5-3-2-4-14(16)6-7-19-17/h2-7,15H,8-13H2,1H3. The molecule has 0 bridgehead atoms. The molecule has 1 aromatic heterocycles. The number of likely N-dealkylation sites (tertiary alicyclic amines) is 1. The van der Waals surface area contributed by atoms with Crippen LogP contribution in [-0.4, -0.2) is 77.9 Å². The highest BCUT2D eigenvalue weighted by Crippen LogP contribution is 2.22. The van der Waals surface area contributed by atoms with Crippen molar-refractivity contribution >= 4 is 16.7 Å². The van der Waals surface area contributed by atoms with Crippen LogP contribution in [0.25, 0.3) is 10.8 Å². The summed E-state index contributed by atoms with van der Waals surface area (Å²) in [7, 11) is 2.17. The molecule has 0 unspecified atom stereocenters. The van der Waals surface area contributed by atoms with Crippen LogP contribution in [0.3, 0.4) is 0 Å². The van der Waals surface area contributed by atoms with E-state index in [9.17, 15) is 4.79 Å². The van der Waals surface area contributed by atoms with Gasteiger partial charge in [0.05, 0.1) is 0 Å². The molecule has 23 heavy (non-hydrogen) atoms. The Morgan fingerprint density at radius 2 is 1.83 bits per heavy atom. The molecule has 120 valence electrons. The van der Waals surface area contributed by atoms with Crippen molar-refractivity contribution in [3.8, 4) is 0 Å². The molecule has 2 fully saturated rings. The Bertz CT molecular complexity index is 713. The predicted molar refractivity (Wildman–Crippen MR) is 90.5 cm³/mol. The largest absolute Gasteiger partial charge is 0.334 e. The molecule has 5 nitrogen and oxygen atoms in total. The quantitative estimate of drug-likeness (QED) is 0.838. The number of nitrogens with zero attached hydrogens (tertiary/aromatic N) is 4. The van der Waals surface area contributed by atoms with E-state index in [-0.39, 0.29) is 5.91 Å². The van der Waals surface area contributed by atoms with Gasteiger partial charge in [0.25, 0.3) is 5.91 Å². The van der Waals surface area contributed by atoms with Crippen molar-refractivity contribution in [1.82, 2.24) is 19.7 Å². The Morgan fingerprint density at radius 1 is 1.09 bits per heavy atom. The highest BCUT2D eigenvalue weighted by atomic mass is 16.2. The number of hydrogen-bond donors (Lipinski definition) is 0. The van der Waals surface area contributed by atoms with E-state index in [1.54, 1.807) is 6.20 Å². The van der Waals surface area contributed by atoms with Crippen LogP contribution in [0.15, 0.2) is 36.5 Å². The minimum Gasteiger partial charge on any atom is -0.334 e. The van der Waals surface area contributed by atoms with Gasteiger partial charge >= 0.3 is 0 Å². The van der Waals surface area contributed by atoms with Gasteiger partial charge in [-0.25, -0.2) is 0 Å². The lowest BCUT2D eigenvalue weighted by atomic mass is 10.0. The second kappa shape index (κ2) is 5.91. The maximum absolute atomic E-state index is 12.8. The van der Waals surface area contributed by atoms with Crippen molar-refractivity contribution in [2.45, 2.75) is 6.04 Å². The molecule has 0 atom stereocenters. The molecule has 0 spiro atoms. The predicted octanol–water partition coefficient (Wildman–Crippen LogP) is 1.31. The second-order valence-corrected chi connectivity index (χ2v) is 6.58. The lowest BCUT2D eigenvalue weighted by Crippen LogP contribution is -2.64. The SMILES string of the molecule is CN1CCN(C2CN(C(=O)c3nccc4ccccc34)C2)CC1. The van der Waals surface area contributed by atoms with Crippen molar-refractivity contribution in [3.63, 3.8) is 0 Å². The Hall–Kier alpha value is -1.98. The van der Waals surface area contributed by atoms with Gasteiger partial charge in [0.1, 0.15) is 5.69 Å². The van der Waals surface area contributed by atoms with Gasteiger partial charge in [-0.05, 0) is 18.5 Å². The minimum atomic E-state index is 0.0622. The Kier molecular flexibility index (Phi) is 3.75. The van der Waals surface area contributed by atoms with Crippen LogP contribution in [0.4, 0.5) is 0 Å². The third kappa shape index (κ3) is 2.71. The summed E-state index contributed by atoms with van der Waals surface area (Å²) in [6, 6.07) is 10.4. The Labute approximate surface area is 136 Å². The number of fused-ring (bicyclic) bond motifs is 1. The van der Waals surface area contributed by atoms with Crippen LogP contribution < -0.4 is 0 Å². The number of rotatable bonds is 2. The van der Waals surface area contributed by atoms with E-state index in [2.05, 4.69) is 21.8 Å². The fourth-order valence-corrected chi connectivity index (χ4v) is 3.48. The highest BCUT2D eigenvalue weighted by Gasteiger charge is 2.36. The second-order valence-electron chi connectivity index (χ2n) is 6.58. The number of likely N-dealkylation sites (N-methyl/N-ethyl adjacent to an activating group) is 1. The molecule has 2 aliphatic heterocycles. The summed E-state index contributed by atoms with van der Waals surface area (Å²) in [5.74, 6) is 0.0622. The monoisotopic (exact) mass is 310 g/mol. The zero-order valence-corrected chi connectivity index (χ0v) is 13.5. The molecule has 2 aliphatic rings.